The van der Waals surface area contributed by atoms with Crippen LogP contribution < -0.4 is 5.73 Å². The van der Waals surface area contributed by atoms with E-state index in [9.17, 15) is 4.79 Å². The number of nitrogens with two attached hydrogens (primary N) is 1. The van der Waals surface area contributed by atoms with E-state index in [1.165, 1.54) is 24.9 Å². The molecule has 5 rings (SSSR count). The number of hydrogen-bond donors (Lipinski definition) is 1. The first-order valence-electron chi connectivity index (χ1n) is 9.16. The monoisotopic (exact) mass is 447 g/mol. The van der Waals surface area contributed by atoms with Gasteiger partial charge in [-0.05, 0) is 65.9 Å². The Morgan fingerprint density at radius 1 is 1.20 bits per heavy atom. The van der Waals surface area contributed by atoms with Crippen LogP contribution >= 0.6 is 22.6 Å². The van der Waals surface area contributed by atoms with Crippen molar-refractivity contribution >= 4 is 45.0 Å². The van der Waals surface area contributed by atoms with Gasteiger partial charge in [-0.3, -0.25) is 4.79 Å². The summed E-state index contributed by atoms with van der Waals surface area (Å²) < 4.78 is 0.972. The minimum absolute atomic E-state index is 0.200. The molecule has 2 bridgehead atoms. The summed E-state index contributed by atoms with van der Waals surface area (Å²) in [4.78, 5) is 18.1. The van der Waals surface area contributed by atoms with Gasteiger partial charge in [0.15, 0.2) is 0 Å². The Bertz CT molecular complexity index is 881. The number of carbonyl (C=O) groups excluding carboxylic acids is 1. The number of hydrogen-bond acceptors (Lipinski definition) is 3. The molecule has 25 heavy (non-hydrogen) atoms. The fourth-order valence-corrected chi connectivity index (χ4v) is 5.70. The zero-order valence-electron chi connectivity index (χ0n) is 14.2. The van der Waals surface area contributed by atoms with Gasteiger partial charge in [0.2, 0.25) is 0 Å². The Morgan fingerprint density at radius 3 is 2.96 bits per heavy atom. The fourth-order valence-electron chi connectivity index (χ4n) is 5.10. The van der Waals surface area contributed by atoms with Crippen LogP contribution in [0, 0.1) is 9.49 Å². The SMILES string of the molecule is Nc1c(I)cc2c3c(cccc13)CN(C1CCN3CCCC1C3)C2=O. The molecule has 0 spiro atoms. The smallest absolute Gasteiger partial charge is 0.255 e. The van der Waals surface area contributed by atoms with Gasteiger partial charge in [0.25, 0.3) is 5.91 Å². The van der Waals surface area contributed by atoms with Crippen LogP contribution in [0.3, 0.4) is 0 Å². The van der Waals surface area contributed by atoms with Crippen LogP contribution in [0.5, 0.6) is 0 Å². The molecule has 2 N–H and O–H groups in total. The highest BCUT2D eigenvalue weighted by Gasteiger charge is 2.39. The van der Waals surface area contributed by atoms with Gasteiger partial charge < -0.3 is 15.5 Å². The van der Waals surface area contributed by atoms with E-state index in [1.807, 2.05) is 12.1 Å². The van der Waals surface area contributed by atoms with Gasteiger partial charge in [-0.2, -0.15) is 0 Å². The highest BCUT2D eigenvalue weighted by Crippen LogP contribution is 2.39. The average molecular weight is 447 g/mol. The molecule has 130 valence electrons. The van der Waals surface area contributed by atoms with Crippen LogP contribution in [0.2, 0.25) is 0 Å². The number of amides is 1. The lowest BCUT2D eigenvalue weighted by atomic mass is 9.82. The van der Waals surface area contributed by atoms with Crippen molar-refractivity contribution in [2.75, 3.05) is 25.4 Å². The molecule has 0 aliphatic carbocycles. The third-order valence-corrected chi connectivity index (χ3v) is 7.19. The van der Waals surface area contributed by atoms with Crippen molar-refractivity contribution in [1.82, 2.24) is 9.80 Å². The summed E-state index contributed by atoms with van der Waals surface area (Å²) in [6.45, 7) is 4.24. The molecule has 0 saturated carbocycles. The number of rotatable bonds is 1. The molecule has 2 saturated heterocycles. The predicted octanol–water partition coefficient (Wildman–Crippen LogP) is 3.47. The molecular weight excluding hydrogens is 425 g/mol. The number of benzene rings is 2. The highest BCUT2D eigenvalue weighted by atomic mass is 127. The summed E-state index contributed by atoms with van der Waals surface area (Å²) in [6, 6.07) is 8.65. The topological polar surface area (TPSA) is 49.6 Å². The van der Waals surface area contributed by atoms with E-state index in [-0.39, 0.29) is 5.91 Å². The Kier molecular flexibility index (Phi) is 3.71. The zero-order valence-corrected chi connectivity index (χ0v) is 16.3. The summed E-state index contributed by atoms with van der Waals surface area (Å²) >= 11 is 2.25. The van der Waals surface area contributed by atoms with Gasteiger partial charge in [0.05, 0.1) is 5.69 Å². The van der Waals surface area contributed by atoms with Gasteiger partial charge in [-0.25, -0.2) is 0 Å². The van der Waals surface area contributed by atoms with Crippen molar-refractivity contribution in [3.63, 3.8) is 0 Å². The second-order valence-electron chi connectivity index (χ2n) is 7.65. The largest absolute Gasteiger partial charge is 0.397 e. The molecule has 3 aliphatic rings. The summed E-state index contributed by atoms with van der Waals surface area (Å²) in [6.07, 6.45) is 3.62. The van der Waals surface area contributed by atoms with E-state index in [0.29, 0.717) is 12.0 Å². The van der Waals surface area contributed by atoms with Gasteiger partial charge in [-0.15, -0.1) is 0 Å². The maximum Gasteiger partial charge on any atom is 0.255 e. The average Bonchev–Trinajstić information content (AvgIpc) is 2.62. The predicted molar refractivity (Wildman–Crippen MR) is 109 cm³/mol. The van der Waals surface area contributed by atoms with E-state index in [1.54, 1.807) is 0 Å². The number of halogens is 1. The third-order valence-electron chi connectivity index (χ3n) is 6.30. The lowest BCUT2D eigenvalue weighted by molar-refractivity contribution is 0.0197. The summed E-state index contributed by atoms with van der Waals surface area (Å²) in [5.74, 6) is 0.825. The van der Waals surface area contributed by atoms with Gasteiger partial charge in [0, 0.05) is 45.6 Å². The molecule has 4 nitrogen and oxygen atoms in total. The number of nitrogens with zero attached hydrogens (tertiary/aromatic N) is 2. The maximum atomic E-state index is 13.4. The molecule has 3 heterocycles. The first kappa shape index (κ1) is 15.9. The van der Waals surface area contributed by atoms with E-state index in [4.69, 9.17) is 5.73 Å². The van der Waals surface area contributed by atoms with Crippen LogP contribution in [-0.4, -0.2) is 41.4 Å². The third kappa shape index (κ3) is 2.39. The minimum Gasteiger partial charge on any atom is -0.397 e. The standard InChI is InChI=1S/C20H22IN3O/c21-16-9-15-18-13(3-1-5-14(18)19(16)22)11-24(20(15)25)17-6-8-23-7-2-4-12(17)10-23/h1,3,5,9,12,17H,2,4,6-8,10-11,22H2. The minimum atomic E-state index is 0.200. The molecule has 2 fully saturated rings. The zero-order chi connectivity index (χ0) is 17.1. The number of carbonyl (C=O) groups is 1. The molecule has 5 heteroatoms. The van der Waals surface area contributed by atoms with E-state index >= 15 is 0 Å². The maximum absolute atomic E-state index is 13.4. The number of piperidine rings is 2. The molecule has 3 unspecified atom stereocenters. The van der Waals surface area contributed by atoms with Crippen molar-refractivity contribution in [2.45, 2.75) is 31.8 Å². The highest BCUT2D eigenvalue weighted by molar-refractivity contribution is 14.1. The molecule has 2 aromatic carbocycles. The summed E-state index contributed by atoms with van der Waals surface area (Å²) in [5, 5.41) is 2.10. The molecule has 0 radical (unpaired) electrons. The Labute approximate surface area is 161 Å². The van der Waals surface area contributed by atoms with Crippen LogP contribution in [0.25, 0.3) is 10.8 Å². The quantitative estimate of drug-likeness (QED) is 0.538. The van der Waals surface area contributed by atoms with Crippen molar-refractivity contribution in [3.8, 4) is 0 Å². The second-order valence-corrected chi connectivity index (χ2v) is 8.81. The van der Waals surface area contributed by atoms with Crippen LogP contribution in [0.15, 0.2) is 24.3 Å². The van der Waals surface area contributed by atoms with E-state index in [2.05, 4.69) is 44.5 Å². The van der Waals surface area contributed by atoms with Gasteiger partial charge in [-0.1, -0.05) is 18.2 Å². The second kappa shape index (κ2) is 5.84. The number of anilines is 1. The van der Waals surface area contributed by atoms with Gasteiger partial charge in [0.1, 0.15) is 0 Å². The Morgan fingerprint density at radius 2 is 2.08 bits per heavy atom. The van der Waals surface area contributed by atoms with Crippen molar-refractivity contribution in [2.24, 2.45) is 5.92 Å². The summed E-state index contributed by atoms with van der Waals surface area (Å²) in [7, 11) is 0. The summed E-state index contributed by atoms with van der Waals surface area (Å²) in [5.41, 5.74) is 9.17. The molecule has 3 atom stereocenters. The van der Waals surface area contributed by atoms with E-state index in [0.717, 1.165) is 51.6 Å². The molecule has 3 aliphatic heterocycles. The van der Waals surface area contributed by atoms with Crippen LogP contribution in [-0.2, 0) is 6.54 Å². The lowest BCUT2D eigenvalue weighted by Crippen LogP contribution is -2.55. The van der Waals surface area contributed by atoms with Crippen molar-refractivity contribution in [1.29, 1.82) is 0 Å². The van der Waals surface area contributed by atoms with Crippen molar-refractivity contribution < 1.29 is 4.79 Å². The molecule has 2 aromatic rings. The fraction of sp³-hybridized carbons (Fsp3) is 0.450. The van der Waals surface area contributed by atoms with E-state index < -0.39 is 0 Å². The molecular formula is C20H22IN3O. The first-order valence-corrected chi connectivity index (χ1v) is 10.2. The number of fused-ring (bicyclic) bond motifs is 2. The van der Waals surface area contributed by atoms with Crippen molar-refractivity contribution in [3.05, 3.63) is 39.0 Å². The van der Waals surface area contributed by atoms with Gasteiger partial charge >= 0.3 is 0 Å². The molecule has 0 aromatic heterocycles. The van der Waals surface area contributed by atoms with Crippen LogP contribution in [0.1, 0.15) is 35.2 Å². The lowest BCUT2D eigenvalue weighted by Gasteiger charge is -2.48. The first-order chi connectivity index (χ1) is 12.1. The van der Waals surface area contributed by atoms with Crippen LogP contribution in [0.4, 0.5) is 5.69 Å². The number of nitrogen functional groups attached to an aromatic ring is 1. The Balaban J connectivity index is 1.59. The molecule has 1 amide bonds. The normalized spacial score (nSPS) is 28.4. The Hall–Kier alpha value is -1.34.